The summed E-state index contributed by atoms with van der Waals surface area (Å²) in [5, 5.41) is 5.91. The minimum Gasteiger partial charge on any atom is -0.483 e. The number of hydrogen-bond donors (Lipinski definition) is 1. The van der Waals surface area contributed by atoms with Crippen molar-refractivity contribution in [1.29, 1.82) is 0 Å². The minimum absolute atomic E-state index is 0.134. The molecule has 0 fully saturated rings. The second kappa shape index (κ2) is 4.73. The Labute approximate surface area is 103 Å². The van der Waals surface area contributed by atoms with Crippen molar-refractivity contribution >= 4 is 10.2 Å². The quantitative estimate of drug-likeness (QED) is 0.854. The van der Waals surface area contributed by atoms with Gasteiger partial charge in [-0.05, 0) is 19.1 Å². The van der Waals surface area contributed by atoms with Crippen LogP contribution >= 0.6 is 0 Å². The molecular formula is C10H10FN3O3S. The van der Waals surface area contributed by atoms with E-state index in [4.69, 9.17) is 4.74 Å². The highest BCUT2D eigenvalue weighted by Crippen LogP contribution is 2.19. The number of nitrogens with zero attached hydrogens (tertiary/aromatic N) is 2. The smallest absolute Gasteiger partial charge is 0.368 e. The molecule has 2 rings (SSSR count). The number of nitrogens with one attached hydrogen (secondary N) is 1. The summed E-state index contributed by atoms with van der Waals surface area (Å²) in [6.07, 6.45) is -0.574. The number of ether oxygens (including phenoxy) is 1. The van der Waals surface area contributed by atoms with Crippen LogP contribution in [0, 0.1) is 0 Å². The number of aromatic amines is 1. The van der Waals surface area contributed by atoms with Crippen LogP contribution in [0.1, 0.15) is 18.9 Å². The van der Waals surface area contributed by atoms with Crippen LogP contribution in [-0.4, -0.2) is 23.6 Å². The first kappa shape index (κ1) is 12.5. The second-order valence-electron chi connectivity index (χ2n) is 3.53. The van der Waals surface area contributed by atoms with Crippen LogP contribution in [-0.2, 0) is 10.2 Å². The molecule has 0 aliphatic rings. The topological polar surface area (TPSA) is 84.9 Å². The summed E-state index contributed by atoms with van der Waals surface area (Å²) in [5.41, 5.74) is 0. The number of rotatable bonds is 4. The van der Waals surface area contributed by atoms with Gasteiger partial charge in [-0.2, -0.15) is 8.42 Å². The van der Waals surface area contributed by atoms with Gasteiger partial charge in [-0.1, -0.05) is 22.1 Å². The Morgan fingerprint density at radius 2 is 1.94 bits per heavy atom. The zero-order valence-electron chi connectivity index (χ0n) is 9.37. The molecular weight excluding hydrogens is 261 g/mol. The van der Waals surface area contributed by atoms with Crippen molar-refractivity contribution in [1.82, 2.24) is 15.2 Å². The van der Waals surface area contributed by atoms with Crippen LogP contribution in [0.4, 0.5) is 3.89 Å². The van der Waals surface area contributed by atoms with E-state index in [0.29, 0.717) is 5.75 Å². The van der Waals surface area contributed by atoms with E-state index in [1.165, 1.54) is 0 Å². The van der Waals surface area contributed by atoms with Crippen molar-refractivity contribution in [3.8, 4) is 5.75 Å². The highest BCUT2D eigenvalue weighted by Gasteiger charge is 2.20. The molecule has 0 aliphatic heterocycles. The first-order valence-electron chi connectivity index (χ1n) is 5.06. The van der Waals surface area contributed by atoms with Gasteiger partial charge in [0.15, 0.2) is 11.9 Å². The van der Waals surface area contributed by atoms with Gasteiger partial charge in [0.05, 0.1) is 0 Å². The van der Waals surface area contributed by atoms with E-state index >= 15 is 0 Å². The molecule has 1 heterocycles. The van der Waals surface area contributed by atoms with E-state index in [1.54, 1.807) is 31.2 Å². The Morgan fingerprint density at radius 1 is 1.28 bits per heavy atom. The van der Waals surface area contributed by atoms with Crippen molar-refractivity contribution in [2.75, 3.05) is 0 Å². The van der Waals surface area contributed by atoms with Crippen LogP contribution in [0.15, 0.2) is 35.5 Å². The van der Waals surface area contributed by atoms with Gasteiger partial charge < -0.3 is 9.72 Å². The molecule has 96 valence electrons. The fraction of sp³-hybridized carbons (Fsp3) is 0.200. The van der Waals surface area contributed by atoms with Gasteiger partial charge >= 0.3 is 10.2 Å². The van der Waals surface area contributed by atoms with Crippen LogP contribution in [0.3, 0.4) is 0 Å². The molecule has 1 N–H and O–H groups in total. The molecule has 8 heteroatoms. The third-order valence-corrected chi connectivity index (χ3v) is 2.80. The maximum Gasteiger partial charge on any atom is 0.368 e. The normalized spacial score (nSPS) is 13.2. The highest BCUT2D eigenvalue weighted by atomic mass is 32.3. The first-order chi connectivity index (χ1) is 8.47. The number of H-pyrrole nitrogens is 1. The lowest BCUT2D eigenvalue weighted by Crippen LogP contribution is -2.05. The molecule has 6 nitrogen and oxygen atoms in total. The van der Waals surface area contributed by atoms with E-state index in [9.17, 15) is 12.3 Å². The van der Waals surface area contributed by atoms with Gasteiger partial charge in [-0.15, -0.1) is 10.2 Å². The molecule has 1 atom stereocenters. The Morgan fingerprint density at radius 3 is 2.50 bits per heavy atom. The highest BCUT2D eigenvalue weighted by molar-refractivity contribution is 7.86. The molecule has 1 aromatic heterocycles. The van der Waals surface area contributed by atoms with Crippen molar-refractivity contribution in [3.63, 3.8) is 0 Å². The molecule has 1 unspecified atom stereocenters. The van der Waals surface area contributed by atoms with Crippen LogP contribution in [0.2, 0.25) is 0 Å². The third kappa shape index (κ3) is 2.83. The zero-order chi connectivity index (χ0) is 13.2. The van der Waals surface area contributed by atoms with E-state index in [0.717, 1.165) is 0 Å². The number of hydrogen-bond acceptors (Lipinski definition) is 5. The summed E-state index contributed by atoms with van der Waals surface area (Å²) in [4.78, 5) is 2.26. The number of benzene rings is 1. The van der Waals surface area contributed by atoms with Crippen molar-refractivity contribution in [2.45, 2.75) is 18.2 Å². The van der Waals surface area contributed by atoms with Gasteiger partial charge in [0.2, 0.25) is 0 Å². The molecule has 2 aromatic rings. The predicted octanol–water partition coefficient (Wildman–Crippen LogP) is 1.60. The second-order valence-corrected chi connectivity index (χ2v) is 4.79. The van der Waals surface area contributed by atoms with E-state index in [2.05, 4.69) is 15.2 Å². The van der Waals surface area contributed by atoms with Crippen LogP contribution in [0.25, 0.3) is 0 Å². The maximum absolute atomic E-state index is 12.6. The summed E-state index contributed by atoms with van der Waals surface area (Å²) >= 11 is 0. The summed E-state index contributed by atoms with van der Waals surface area (Å²) in [6, 6.07) is 8.89. The van der Waals surface area contributed by atoms with E-state index < -0.39 is 21.5 Å². The standard InChI is InChI=1S/C10H10FN3O3S/c1-7(17-8-5-3-2-4-6-8)9-12-10(14-13-9)18(11,15)16/h2-7H,1H3,(H,12,13,14). The van der Waals surface area contributed by atoms with Gasteiger partial charge in [0.1, 0.15) is 5.75 Å². The van der Waals surface area contributed by atoms with E-state index in [-0.39, 0.29) is 5.82 Å². The Hall–Kier alpha value is -1.96. The fourth-order valence-electron chi connectivity index (χ4n) is 1.31. The molecule has 0 aliphatic carbocycles. The van der Waals surface area contributed by atoms with E-state index in [1.807, 2.05) is 6.07 Å². The molecule has 18 heavy (non-hydrogen) atoms. The molecule has 0 saturated heterocycles. The fourth-order valence-corrected chi connectivity index (χ4v) is 1.68. The minimum atomic E-state index is -4.87. The van der Waals surface area contributed by atoms with Gasteiger partial charge in [0, 0.05) is 0 Å². The number of halogens is 1. The summed E-state index contributed by atoms with van der Waals surface area (Å²) < 4.78 is 39.3. The molecule has 1 aromatic carbocycles. The van der Waals surface area contributed by atoms with Gasteiger partial charge in [-0.25, -0.2) is 0 Å². The predicted molar refractivity (Wildman–Crippen MR) is 60.2 cm³/mol. The zero-order valence-corrected chi connectivity index (χ0v) is 10.2. The average molecular weight is 271 g/mol. The Kier molecular flexibility index (Phi) is 3.28. The lowest BCUT2D eigenvalue weighted by atomic mass is 10.3. The summed E-state index contributed by atoms with van der Waals surface area (Å²) in [7, 11) is -4.87. The molecule has 0 saturated carbocycles. The Balaban J connectivity index is 2.15. The van der Waals surface area contributed by atoms with Crippen molar-refractivity contribution in [3.05, 3.63) is 36.2 Å². The summed E-state index contributed by atoms with van der Waals surface area (Å²) in [6.45, 7) is 1.64. The molecule has 0 spiro atoms. The Bertz CT molecular complexity index is 627. The molecule has 0 radical (unpaired) electrons. The largest absolute Gasteiger partial charge is 0.483 e. The number of para-hydroxylation sites is 1. The maximum atomic E-state index is 12.6. The van der Waals surface area contributed by atoms with Gasteiger partial charge in [-0.3, -0.25) is 0 Å². The van der Waals surface area contributed by atoms with Crippen molar-refractivity contribution < 1.29 is 17.0 Å². The number of aromatic nitrogens is 3. The molecule has 0 bridgehead atoms. The summed E-state index contributed by atoms with van der Waals surface area (Å²) in [5.74, 6) is 0.723. The van der Waals surface area contributed by atoms with Crippen molar-refractivity contribution in [2.24, 2.45) is 0 Å². The van der Waals surface area contributed by atoms with Gasteiger partial charge in [0.25, 0.3) is 5.16 Å². The first-order valence-corrected chi connectivity index (χ1v) is 6.44. The third-order valence-electron chi connectivity index (χ3n) is 2.16. The van der Waals surface area contributed by atoms with Crippen LogP contribution < -0.4 is 4.74 Å². The monoisotopic (exact) mass is 271 g/mol. The SMILES string of the molecule is CC(Oc1ccccc1)c1nnc(S(=O)(=O)F)[nH]1. The average Bonchev–Trinajstić information content (AvgIpc) is 2.79. The van der Waals surface area contributed by atoms with Crippen LogP contribution in [0.5, 0.6) is 5.75 Å². The molecule has 0 amide bonds. The lowest BCUT2D eigenvalue weighted by molar-refractivity contribution is 0.216. The lowest BCUT2D eigenvalue weighted by Gasteiger charge is -2.11.